The smallest absolute Gasteiger partial charge is 0.248 e. The van der Waals surface area contributed by atoms with Crippen LogP contribution in [0.2, 0.25) is 0 Å². The second-order valence-corrected chi connectivity index (χ2v) is 7.04. The number of hydrogen-bond donors (Lipinski definition) is 5. The van der Waals surface area contributed by atoms with E-state index in [9.17, 15) is 13.6 Å². The summed E-state index contributed by atoms with van der Waals surface area (Å²) < 4.78 is 26.6. The minimum Gasteiger partial charge on any atom is -0.373 e. The molecule has 1 atom stereocenters. The van der Waals surface area contributed by atoms with Gasteiger partial charge in [0.2, 0.25) is 11.8 Å². The van der Waals surface area contributed by atoms with Crippen molar-refractivity contribution in [2.45, 2.75) is 57.5 Å². The number of aromatic nitrogens is 1. The first-order chi connectivity index (χ1) is 12.2. The number of halogens is 2. The first kappa shape index (κ1) is 20.2. The minimum absolute atomic E-state index is 0.0124. The summed E-state index contributed by atoms with van der Waals surface area (Å²) in [5.74, 6) is -1.91. The summed E-state index contributed by atoms with van der Waals surface area (Å²) >= 11 is 0. The van der Waals surface area contributed by atoms with E-state index in [-0.39, 0.29) is 24.8 Å². The molecule has 1 unspecified atom stereocenters. The van der Waals surface area contributed by atoms with Crippen molar-refractivity contribution in [1.29, 1.82) is 0 Å². The molecule has 1 fully saturated rings. The van der Waals surface area contributed by atoms with Gasteiger partial charge in [-0.3, -0.25) is 4.79 Å². The predicted molar refractivity (Wildman–Crippen MR) is 99.2 cm³/mol. The number of carbonyl (C=O) groups excluding carboxylic acids is 1. The van der Waals surface area contributed by atoms with Crippen LogP contribution < -0.4 is 27.2 Å². The van der Waals surface area contributed by atoms with Gasteiger partial charge in [-0.15, -0.1) is 0 Å². The number of primary amides is 1. The van der Waals surface area contributed by atoms with Crippen LogP contribution in [-0.2, 0) is 4.79 Å². The second-order valence-electron chi connectivity index (χ2n) is 7.04. The molecular weight excluding hydrogens is 342 g/mol. The standard InChI is InChI=1S/C17H28F2N6O/c1-10(2)15(16(20)26)23-12-8-13(24-14(9-12)25-21-3)22-11-4-6-17(18,19)7-5-11/h8-11,15,21H,4-7H2,1-3H3,(H2,20,26)(H3,22,23,24,25). The monoisotopic (exact) mass is 370 g/mol. The number of nitrogens with one attached hydrogen (secondary N) is 4. The fourth-order valence-corrected chi connectivity index (χ4v) is 3.02. The molecule has 146 valence electrons. The lowest BCUT2D eigenvalue weighted by molar-refractivity contribution is -0.119. The van der Waals surface area contributed by atoms with Crippen molar-refractivity contribution < 1.29 is 13.6 Å². The third-order valence-electron chi connectivity index (χ3n) is 4.44. The van der Waals surface area contributed by atoms with Crippen LogP contribution in [0.3, 0.4) is 0 Å². The van der Waals surface area contributed by atoms with E-state index in [2.05, 4.69) is 26.5 Å². The Kier molecular flexibility index (Phi) is 6.57. The van der Waals surface area contributed by atoms with Gasteiger partial charge in [0.25, 0.3) is 0 Å². The largest absolute Gasteiger partial charge is 0.373 e. The zero-order valence-electron chi connectivity index (χ0n) is 15.4. The van der Waals surface area contributed by atoms with E-state index in [1.807, 2.05) is 13.8 Å². The first-order valence-corrected chi connectivity index (χ1v) is 8.85. The highest BCUT2D eigenvalue weighted by Gasteiger charge is 2.35. The minimum atomic E-state index is -2.57. The molecule has 26 heavy (non-hydrogen) atoms. The van der Waals surface area contributed by atoms with Gasteiger partial charge in [0.1, 0.15) is 17.7 Å². The van der Waals surface area contributed by atoms with Gasteiger partial charge >= 0.3 is 0 Å². The molecule has 1 aromatic heterocycles. The van der Waals surface area contributed by atoms with Crippen LogP contribution in [0, 0.1) is 5.92 Å². The number of hydrogen-bond acceptors (Lipinski definition) is 6. The zero-order valence-corrected chi connectivity index (χ0v) is 15.4. The quantitative estimate of drug-likeness (QED) is 0.451. The molecule has 0 radical (unpaired) electrons. The highest BCUT2D eigenvalue weighted by molar-refractivity contribution is 5.83. The summed E-state index contributed by atoms with van der Waals surface area (Å²) in [5.41, 5.74) is 11.8. The van der Waals surface area contributed by atoms with Gasteiger partial charge in [0, 0.05) is 43.8 Å². The molecule has 0 spiro atoms. The van der Waals surface area contributed by atoms with Crippen LogP contribution in [0.1, 0.15) is 39.5 Å². The number of hydrazine groups is 1. The summed E-state index contributed by atoms with van der Waals surface area (Å²) in [6, 6.07) is 2.92. The van der Waals surface area contributed by atoms with E-state index in [1.165, 1.54) is 0 Å². The SMILES string of the molecule is CNNc1cc(NC(C(N)=O)C(C)C)cc(NC2CCC(F)(F)CC2)n1. The second kappa shape index (κ2) is 8.48. The Balaban J connectivity index is 2.15. The number of amides is 1. The molecule has 1 aliphatic carbocycles. The van der Waals surface area contributed by atoms with Crippen LogP contribution in [0.5, 0.6) is 0 Å². The molecule has 1 heterocycles. The number of alkyl halides is 2. The lowest BCUT2D eigenvalue weighted by atomic mass is 9.92. The Morgan fingerprint density at radius 1 is 1.27 bits per heavy atom. The van der Waals surface area contributed by atoms with Crippen LogP contribution in [-0.4, -0.2) is 35.9 Å². The third kappa shape index (κ3) is 5.69. The summed E-state index contributed by atoms with van der Waals surface area (Å²) in [6.07, 6.45) is 0.525. The average molecular weight is 370 g/mol. The maximum atomic E-state index is 13.3. The predicted octanol–water partition coefficient (Wildman–Crippen LogP) is 2.54. The normalized spacial score (nSPS) is 18.4. The highest BCUT2D eigenvalue weighted by atomic mass is 19.3. The summed E-state index contributed by atoms with van der Waals surface area (Å²) in [6.45, 7) is 3.80. The molecule has 9 heteroatoms. The van der Waals surface area contributed by atoms with Gasteiger partial charge in [-0.05, 0) is 18.8 Å². The molecule has 1 aliphatic rings. The Bertz CT molecular complexity index is 615. The molecule has 6 N–H and O–H groups in total. The number of nitrogens with zero attached hydrogens (tertiary/aromatic N) is 1. The van der Waals surface area contributed by atoms with Crippen LogP contribution in [0.4, 0.5) is 26.1 Å². The Morgan fingerprint density at radius 2 is 1.88 bits per heavy atom. The maximum absolute atomic E-state index is 13.3. The summed E-state index contributed by atoms with van der Waals surface area (Å²) in [4.78, 5) is 16.1. The van der Waals surface area contributed by atoms with Crippen molar-refractivity contribution in [1.82, 2.24) is 10.4 Å². The van der Waals surface area contributed by atoms with Gasteiger partial charge in [-0.1, -0.05) is 13.8 Å². The van der Waals surface area contributed by atoms with E-state index >= 15 is 0 Å². The Morgan fingerprint density at radius 3 is 2.42 bits per heavy atom. The number of pyridine rings is 1. The lowest BCUT2D eigenvalue weighted by Gasteiger charge is -2.29. The number of anilines is 3. The molecule has 0 aromatic carbocycles. The Labute approximate surface area is 152 Å². The fraction of sp³-hybridized carbons (Fsp3) is 0.647. The van der Waals surface area contributed by atoms with Gasteiger partial charge < -0.3 is 21.8 Å². The van der Waals surface area contributed by atoms with Crippen LogP contribution >= 0.6 is 0 Å². The van der Waals surface area contributed by atoms with Gasteiger partial charge in [0.15, 0.2) is 0 Å². The van der Waals surface area contributed by atoms with Crippen LogP contribution in [0.25, 0.3) is 0 Å². The fourth-order valence-electron chi connectivity index (χ4n) is 3.02. The van der Waals surface area contributed by atoms with E-state index in [4.69, 9.17) is 5.73 Å². The Hall–Kier alpha value is -2.16. The van der Waals surface area contributed by atoms with Crippen molar-refractivity contribution >= 4 is 23.2 Å². The molecule has 0 bridgehead atoms. The lowest BCUT2D eigenvalue weighted by Crippen LogP contribution is -2.39. The van der Waals surface area contributed by atoms with Gasteiger partial charge in [0.05, 0.1) is 0 Å². The zero-order chi connectivity index (χ0) is 19.3. The van der Waals surface area contributed by atoms with E-state index in [1.54, 1.807) is 19.2 Å². The van der Waals surface area contributed by atoms with Crippen molar-refractivity contribution in [2.24, 2.45) is 11.7 Å². The average Bonchev–Trinajstić information content (AvgIpc) is 2.54. The third-order valence-corrected chi connectivity index (χ3v) is 4.44. The van der Waals surface area contributed by atoms with Crippen molar-refractivity contribution in [2.75, 3.05) is 23.1 Å². The molecule has 0 saturated heterocycles. The topological polar surface area (TPSA) is 104 Å². The van der Waals surface area contributed by atoms with E-state index in [0.29, 0.717) is 30.2 Å². The van der Waals surface area contributed by atoms with Crippen LogP contribution in [0.15, 0.2) is 12.1 Å². The first-order valence-electron chi connectivity index (χ1n) is 8.85. The van der Waals surface area contributed by atoms with Gasteiger partial charge in [-0.25, -0.2) is 19.2 Å². The molecule has 7 nitrogen and oxygen atoms in total. The summed E-state index contributed by atoms with van der Waals surface area (Å²) in [5, 5.41) is 6.35. The number of carbonyl (C=O) groups is 1. The van der Waals surface area contributed by atoms with Crippen molar-refractivity contribution in [3.05, 3.63) is 12.1 Å². The molecule has 1 aromatic rings. The van der Waals surface area contributed by atoms with Crippen molar-refractivity contribution in [3.63, 3.8) is 0 Å². The molecule has 1 saturated carbocycles. The molecule has 2 rings (SSSR count). The summed E-state index contributed by atoms with van der Waals surface area (Å²) in [7, 11) is 1.71. The van der Waals surface area contributed by atoms with E-state index < -0.39 is 17.9 Å². The molecular formula is C17H28F2N6O. The molecule has 0 aliphatic heterocycles. The van der Waals surface area contributed by atoms with Gasteiger partial charge in [-0.2, -0.15) is 0 Å². The number of nitrogens with two attached hydrogens (primary N) is 1. The number of rotatable bonds is 8. The van der Waals surface area contributed by atoms with Crippen molar-refractivity contribution in [3.8, 4) is 0 Å². The maximum Gasteiger partial charge on any atom is 0.248 e. The van der Waals surface area contributed by atoms with E-state index in [0.717, 1.165) is 0 Å². The highest BCUT2D eigenvalue weighted by Crippen LogP contribution is 2.34. The molecule has 1 amide bonds.